The molecule has 1 aromatic rings. The number of thioether (sulfide) groups is 1. The van der Waals surface area contributed by atoms with E-state index in [-0.39, 0.29) is 0 Å². The minimum absolute atomic E-state index is 0.725. The van der Waals surface area contributed by atoms with Gasteiger partial charge in [-0.25, -0.2) is 0 Å². The van der Waals surface area contributed by atoms with Crippen molar-refractivity contribution < 1.29 is 4.74 Å². The van der Waals surface area contributed by atoms with Gasteiger partial charge < -0.3 is 10.1 Å². The van der Waals surface area contributed by atoms with Crippen LogP contribution >= 0.6 is 27.7 Å². The summed E-state index contributed by atoms with van der Waals surface area (Å²) in [5.74, 6) is 3.44. The number of ether oxygens (including phenoxy) is 1. The third-order valence-electron chi connectivity index (χ3n) is 3.36. The molecule has 0 radical (unpaired) electrons. The van der Waals surface area contributed by atoms with Gasteiger partial charge in [-0.2, -0.15) is 11.8 Å². The van der Waals surface area contributed by atoms with Crippen LogP contribution in [0.1, 0.15) is 37.3 Å². The molecule has 0 amide bonds. The molecule has 0 heterocycles. The van der Waals surface area contributed by atoms with Crippen molar-refractivity contribution in [3.05, 3.63) is 27.7 Å². The van der Waals surface area contributed by atoms with Crippen molar-refractivity contribution in [1.82, 2.24) is 5.32 Å². The number of benzene rings is 1. The standard InChI is InChI=1S/C16H24BrNOS/c1-3-20-8-4-7-19-16-12(2)9-14(17)10-13(16)11-18-15-5-6-15/h9-10,15,18H,3-8,11H2,1-2H3. The fourth-order valence-corrected chi connectivity index (χ4v) is 3.39. The van der Waals surface area contributed by atoms with Crippen molar-refractivity contribution in [1.29, 1.82) is 0 Å². The van der Waals surface area contributed by atoms with E-state index in [4.69, 9.17) is 4.74 Å². The first-order valence-corrected chi connectivity index (χ1v) is 9.38. The summed E-state index contributed by atoms with van der Waals surface area (Å²) in [6.07, 6.45) is 3.75. The molecule has 0 unspecified atom stereocenters. The lowest BCUT2D eigenvalue weighted by Gasteiger charge is -2.15. The molecule has 0 saturated heterocycles. The molecule has 0 aromatic heterocycles. The third-order valence-corrected chi connectivity index (χ3v) is 4.80. The average Bonchev–Trinajstić information content (AvgIpc) is 3.22. The molecule has 1 aliphatic carbocycles. The van der Waals surface area contributed by atoms with Crippen molar-refractivity contribution in [2.75, 3.05) is 18.1 Å². The van der Waals surface area contributed by atoms with Gasteiger partial charge >= 0.3 is 0 Å². The van der Waals surface area contributed by atoms with Gasteiger partial charge in [-0.05, 0) is 55.4 Å². The smallest absolute Gasteiger partial charge is 0.126 e. The highest BCUT2D eigenvalue weighted by molar-refractivity contribution is 9.10. The number of aryl methyl sites for hydroxylation is 1. The molecule has 0 spiro atoms. The Hall–Kier alpha value is -0.190. The first kappa shape index (κ1) is 16.2. The van der Waals surface area contributed by atoms with Crippen molar-refractivity contribution in [2.24, 2.45) is 0 Å². The Morgan fingerprint density at radius 3 is 2.90 bits per heavy atom. The Labute approximate surface area is 135 Å². The van der Waals surface area contributed by atoms with Gasteiger partial charge in [0.05, 0.1) is 6.61 Å². The van der Waals surface area contributed by atoms with Gasteiger partial charge in [0.2, 0.25) is 0 Å². The molecular formula is C16H24BrNOS. The van der Waals surface area contributed by atoms with E-state index in [1.54, 1.807) is 0 Å². The molecule has 0 atom stereocenters. The summed E-state index contributed by atoms with van der Waals surface area (Å²) >= 11 is 5.56. The summed E-state index contributed by atoms with van der Waals surface area (Å²) in [6, 6.07) is 5.04. The highest BCUT2D eigenvalue weighted by Crippen LogP contribution is 2.29. The third kappa shape index (κ3) is 5.30. The van der Waals surface area contributed by atoms with Gasteiger partial charge in [0.1, 0.15) is 5.75 Å². The fraction of sp³-hybridized carbons (Fsp3) is 0.625. The highest BCUT2D eigenvalue weighted by Gasteiger charge is 2.21. The first-order valence-electron chi connectivity index (χ1n) is 7.43. The maximum Gasteiger partial charge on any atom is 0.126 e. The second-order valence-electron chi connectivity index (χ2n) is 5.27. The molecule has 0 bridgehead atoms. The van der Waals surface area contributed by atoms with Crippen molar-refractivity contribution in [2.45, 2.75) is 45.7 Å². The Kier molecular flexibility index (Phi) is 6.72. The molecular weight excluding hydrogens is 334 g/mol. The molecule has 20 heavy (non-hydrogen) atoms. The van der Waals surface area contributed by atoms with Crippen LogP contribution in [0.5, 0.6) is 5.75 Å². The van der Waals surface area contributed by atoms with E-state index < -0.39 is 0 Å². The summed E-state index contributed by atoms with van der Waals surface area (Å²) < 4.78 is 7.18. The van der Waals surface area contributed by atoms with Crippen LogP contribution in [0.3, 0.4) is 0 Å². The van der Waals surface area contributed by atoms with Gasteiger partial charge in [0, 0.05) is 22.6 Å². The van der Waals surface area contributed by atoms with E-state index in [1.807, 2.05) is 11.8 Å². The lowest BCUT2D eigenvalue weighted by Crippen LogP contribution is -2.16. The van der Waals surface area contributed by atoms with E-state index >= 15 is 0 Å². The Bertz CT molecular complexity index is 435. The maximum absolute atomic E-state index is 6.05. The number of halogens is 1. The minimum Gasteiger partial charge on any atom is -0.493 e. The Morgan fingerprint density at radius 2 is 2.20 bits per heavy atom. The molecule has 1 saturated carbocycles. The van der Waals surface area contributed by atoms with Gasteiger partial charge in [-0.15, -0.1) is 0 Å². The minimum atomic E-state index is 0.725. The van der Waals surface area contributed by atoms with Crippen molar-refractivity contribution in [3.8, 4) is 5.75 Å². The zero-order chi connectivity index (χ0) is 14.4. The van der Waals surface area contributed by atoms with E-state index in [2.05, 4.69) is 47.2 Å². The summed E-state index contributed by atoms with van der Waals surface area (Å²) in [5.41, 5.74) is 2.49. The first-order chi connectivity index (χ1) is 9.70. The largest absolute Gasteiger partial charge is 0.493 e. The molecule has 0 aliphatic heterocycles. The van der Waals surface area contributed by atoms with E-state index in [0.717, 1.165) is 35.8 Å². The van der Waals surface area contributed by atoms with Gasteiger partial charge in [-0.3, -0.25) is 0 Å². The van der Waals surface area contributed by atoms with Gasteiger partial charge in [0.25, 0.3) is 0 Å². The molecule has 2 nitrogen and oxygen atoms in total. The molecule has 1 aliphatic rings. The normalized spacial score (nSPS) is 14.6. The number of rotatable bonds is 9. The molecule has 112 valence electrons. The molecule has 2 rings (SSSR count). The molecule has 1 N–H and O–H groups in total. The number of hydrogen-bond donors (Lipinski definition) is 1. The summed E-state index contributed by atoms with van der Waals surface area (Å²) in [4.78, 5) is 0. The molecule has 1 aromatic carbocycles. The summed E-state index contributed by atoms with van der Waals surface area (Å²) in [6.45, 7) is 6.05. The van der Waals surface area contributed by atoms with E-state index in [0.29, 0.717) is 0 Å². The zero-order valence-corrected chi connectivity index (χ0v) is 14.8. The van der Waals surface area contributed by atoms with Crippen LogP contribution in [0, 0.1) is 6.92 Å². The van der Waals surface area contributed by atoms with Gasteiger partial charge in [-0.1, -0.05) is 22.9 Å². The van der Waals surface area contributed by atoms with Crippen LogP contribution in [0.25, 0.3) is 0 Å². The lowest BCUT2D eigenvalue weighted by molar-refractivity contribution is 0.312. The fourth-order valence-electron chi connectivity index (χ4n) is 2.16. The lowest BCUT2D eigenvalue weighted by atomic mass is 10.1. The van der Waals surface area contributed by atoms with E-state index in [9.17, 15) is 0 Å². The maximum atomic E-state index is 6.05. The van der Waals surface area contributed by atoms with Gasteiger partial charge in [0.15, 0.2) is 0 Å². The van der Waals surface area contributed by atoms with Crippen LogP contribution in [-0.2, 0) is 6.54 Å². The van der Waals surface area contributed by atoms with Crippen molar-refractivity contribution in [3.63, 3.8) is 0 Å². The quantitative estimate of drug-likeness (QED) is 0.656. The predicted octanol–water partition coefficient (Wildman–Crippen LogP) is 4.53. The number of hydrogen-bond acceptors (Lipinski definition) is 3. The summed E-state index contributed by atoms with van der Waals surface area (Å²) in [7, 11) is 0. The van der Waals surface area contributed by atoms with E-state index in [1.165, 1.54) is 35.5 Å². The SMILES string of the molecule is CCSCCCOc1c(C)cc(Br)cc1CNC1CC1. The number of nitrogens with one attached hydrogen (secondary N) is 1. The van der Waals surface area contributed by atoms with Crippen molar-refractivity contribution >= 4 is 27.7 Å². The highest BCUT2D eigenvalue weighted by atomic mass is 79.9. The molecule has 4 heteroatoms. The van der Waals surface area contributed by atoms with Crippen LogP contribution < -0.4 is 10.1 Å². The second-order valence-corrected chi connectivity index (χ2v) is 7.57. The van der Waals surface area contributed by atoms with Crippen LogP contribution in [0.2, 0.25) is 0 Å². The average molecular weight is 358 g/mol. The second kappa shape index (κ2) is 8.30. The Balaban J connectivity index is 1.92. The predicted molar refractivity (Wildman–Crippen MR) is 91.9 cm³/mol. The monoisotopic (exact) mass is 357 g/mol. The molecule has 1 fully saturated rings. The van der Waals surface area contributed by atoms with Crippen LogP contribution in [0.4, 0.5) is 0 Å². The topological polar surface area (TPSA) is 21.3 Å². The zero-order valence-electron chi connectivity index (χ0n) is 12.4. The van der Waals surface area contributed by atoms with Crippen LogP contribution in [-0.4, -0.2) is 24.2 Å². The summed E-state index contributed by atoms with van der Waals surface area (Å²) in [5, 5.41) is 3.57. The van der Waals surface area contributed by atoms with Crippen LogP contribution in [0.15, 0.2) is 16.6 Å². The Morgan fingerprint density at radius 1 is 1.40 bits per heavy atom.